The molecule has 0 amide bonds. The normalized spacial score (nSPS) is 14.1. The van der Waals surface area contributed by atoms with Gasteiger partial charge in [-0.3, -0.25) is 4.31 Å². The maximum absolute atomic E-state index is 11.4. The van der Waals surface area contributed by atoms with E-state index in [4.69, 9.17) is 0 Å². The van der Waals surface area contributed by atoms with Crippen LogP contribution in [-0.2, 0) is 10.0 Å². The first kappa shape index (κ1) is 11.0. The van der Waals surface area contributed by atoms with E-state index >= 15 is 0 Å². The van der Waals surface area contributed by atoms with Gasteiger partial charge in [0.15, 0.2) is 0 Å². The van der Waals surface area contributed by atoms with E-state index in [2.05, 4.69) is 5.32 Å². The number of fused-ring (bicyclic) bond motifs is 1. The van der Waals surface area contributed by atoms with E-state index in [0.717, 1.165) is 17.8 Å². The zero-order chi connectivity index (χ0) is 11.8. The lowest BCUT2D eigenvalue weighted by Gasteiger charge is -2.20. The molecule has 1 N–H and O–H groups in total. The van der Waals surface area contributed by atoms with Crippen LogP contribution in [0.5, 0.6) is 0 Å². The number of rotatable bonds is 2. The van der Waals surface area contributed by atoms with E-state index < -0.39 is 10.0 Å². The molecule has 0 bridgehead atoms. The van der Waals surface area contributed by atoms with Crippen molar-refractivity contribution in [3.8, 4) is 0 Å². The number of hydrogen-bond acceptors (Lipinski definition) is 3. The van der Waals surface area contributed by atoms with E-state index in [9.17, 15) is 8.42 Å². The van der Waals surface area contributed by atoms with Gasteiger partial charge in [-0.25, -0.2) is 8.42 Å². The highest BCUT2D eigenvalue weighted by Crippen LogP contribution is 2.26. The van der Waals surface area contributed by atoms with Crippen LogP contribution in [0.25, 0.3) is 6.08 Å². The minimum atomic E-state index is -3.19. The molecule has 2 rings (SSSR count). The van der Waals surface area contributed by atoms with Crippen LogP contribution in [0.15, 0.2) is 24.3 Å². The van der Waals surface area contributed by atoms with Gasteiger partial charge in [-0.1, -0.05) is 12.2 Å². The molecule has 0 saturated heterocycles. The van der Waals surface area contributed by atoms with Crippen molar-refractivity contribution in [2.45, 2.75) is 0 Å². The molecule has 5 heteroatoms. The second-order valence-electron chi connectivity index (χ2n) is 3.79. The standard InChI is InChI=1S/C11H14N2O2S/c1-13(16(2,14)15)10-5-6-11-9(8-10)4-3-7-12-11/h3-6,8,12H,7H2,1-2H3. The molecule has 0 fully saturated rings. The van der Waals surface area contributed by atoms with Crippen LogP contribution in [-0.4, -0.2) is 28.3 Å². The molecule has 0 spiro atoms. The summed E-state index contributed by atoms with van der Waals surface area (Å²) in [4.78, 5) is 0. The second kappa shape index (κ2) is 3.83. The number of benzene rings is 1. The van der Waals surface area contributed by atoms with Crippen LogP contribution >= 0.6 is 0 Å². The maximum Gasteiger partial charge on any atom is 0.231 e. The van der Waals surface area contributed by atoms with Crippen molar-refractivity contribution in [2.75, 3.05) is 29.5 Å². The maximum atomic E-state index is 11.4. The molecule has 0 unspecified atom stereocenters. The minimum absolute atomic E-state index is 0.676. The lowest BCUT2D eigenvalue weighted by molar-refractivity contribution is 0.600. The van der Waals surface area contributed by atoms with E-state index in [-0.39, 0.29) is 0 Å². The average Bonchev–Trinajstić information content (AvgIpc) is 2.26. The predicted octanol–water partition coefficient (Wildman–Crippen LogP) is 1.52. The van der Waals surface area contributed by atoms with Crippen LogP contribution in [0.3, 0.4) is 0 Å². The average molecular weight is 238 g/mol. The highest BCUT2D eigenvalue weighted by atomic mass is 32.2. The smallest absolute Gasteiger partial charge is 0.231 e. The number of hydrogen-bond donors (Lipinski definition) is 1. The van der Waals surface area contributed by atoms with Gasteiger partial charge in [0.25, 0.3) is 0 Å². The summed E-state index contributed by atoms with van der Waals surface area (Å²) in [5.74, 6) is 0. The highest BCUT2D eigenvalue weighted by molar-refractivity contribution is 7.92. The first-order chi connectivity index (χ1) is 7.48. The van der Waals surface area contributed by atoms with Crippen molar-refractivity contribution in [1.29, 1.82) is 0 Å². The minimum Gasteiger partial charge on any atom is -0.381 e. The van der Waals surface area contributed by atoms with Gasteiger partial charge in [-0.2, -0.15) is 0 Å². The summed E-state index contributed by atoms with van der Waals surface area (Å²) in [7, 11) is -1.64. The molecule has 1 aromatic rings. The van der Waals surface area contributed by atoms with Crippen molar-refractivity contribution in [3.05, 3.63) is 29.8 Å². The molecule has 1 aliphatic rings. The third-order valence-electron chi connectivity index (χ3n) is 2.60. The van der Waals surface area contributed by atoms with Gasteiger partial charge in [0.1, 0.15) is 0 Å². The van der Waals surface area contributed by atoms with Crippen LogP contribution in [0.4, 0.5) is 11.4 Å². The van der Waals surface area contributed by atoms with Gasteiger partial charge in [-0.15, -0.1) is 0 Å². The molecular formula is C11H14N2O2S. The molecule has 1 aromatic carbocycles. The fourth-order valence-corrected chi connectivity index (χ4v) is 2.09. The molecule has 1 heterocycles. The third kappa shape index (κ3) is 2.04. The second-order valence-corrected chi connectivity index (χ2v) is 5.80. The summed E-state index contributed by atoms with van der Waals surface area (Å²) in [6, 6.07) is 5.56. The van der Waals surface area contributed by atoms with Gasteiger partial charge >= 0.3 is 0 Å². The monoisotopic (exact) mass is 238 g/mol. The van der Waals surface area contributed by atoms with Crippen molar-refractivity contribution in [1.82, 2.24) is 0 Å². The number of nitrogens with one attached hydrogen (secondary N) is 1. The molecule has 1 aliphatic heterocycles. The Kier molecular flexibility index (Phi) is 2.63. The largest absolute Gasteiger partial charge is 0.381 e. The third-order valence-corrected chi connectivity index (χ3v) is 3.81. The van der Waals surface area contributed by atoms with E-state index in [1.54, 1.807) is 13.1 Å². The first-order valence-corrected chi connectivity index (χ1v) is 6.82. The fourth-order valence-electron chi connectivity index (χ4n) is 1.59. The fraction of sp³-hybridized carbons (Fsp3) is 0.273. The van der Waals surface area contributed by atoms with Crippen LogP contribution in [0.1, 0.15) is 5.56 Å². The molecule has 0 aromatic heterocycles. The van der Waals surface area contributed by atoms with Gasteiger partial charge < -0.3 is 5.32 Å². The van der Waals surface area contributed by atoms with Crippen molar-refractivity contribution in [2.24, 2.45) is 0 Å². The van der Waals surface area contributed by atoms with Gasteiger partial charge in [0.05, 0.1) is 11.9 Å². The molecule has 0 saturated carbocycles. The summed E-state index contributed by atoms with van der Waals surface area (Å²) < 4.78 is 24.1. The Morgan fingerprint density at radius 1 is 1.38 bits per heavy atom. The van der Waals surface area contributed by atoms with Gasteiger partial charge in [0.2, 0.25) is 10.0 Å². The highest BCUT2D eigenvalue weighted by Gasteiger charge is 2.13. The zero-order valence-corrected chi connectivity index (χ0v) is 10.1. The Bertz CT molecular complexity index is 535. The SMILES string of the molecule is CN(c1ccc2c(c1)C=CCN2)S(C)(=O)=O. The molecule has 4 nitrogen and oxygen atoms in total. The van der Waals surface area contributed by atoms with Gasteiger partial charge in [-0.05, 0) is 23.8 Å². The molecule has 0 aliphatic carbocycles. The molecule has 86 valence electrons. The number of nitrogens with zero attached hydrogens (tertiary/aromatic N) is 1. The van der Waals surface area contributed by atoms with E-state index in [1.165, 1.54) is 10.6 Å². The molecule has 0 radical (unpaired) electrons. The number of anilines is 2. The van der Waals surface area contributed by atoms with E-state index in [0.29, 0.717) is 5.69 Å². The van der Waals surface area contributed by atoms with Crippen LogP contribution in [0, 0.1) is 0 Å². The summed E-state index contributed by atoms with van der Waals surface area (Å²) >= 11 is 0. The molecular weight excluding hydrogens is 224 g/mol. The Balaban J connectivity index is 2.42. The van der Waals surface area contributed by atoms with Crippen LogP contribution < -0.4 is 9.62 Å². The Labute approximate surface area is 95.6 Å². The van der Waals surface area contributed by atoms with Crippen molar-refractivity contribution >= 4 is 27.5 Å². The topological polar surface area (TPSA) is 49.4 Å². The van der Waals surface area contributed by atoms with Crippen molar-refractivity contribution < 1.29 is 8.42 Å². The quantitative estimate of drug-likeness (QED) is 0.850. The Morgan fingerprint density at radius 2 is 2.12 bits per heavy atom. The van der Waals surface area contributed by atoms with Crippen LogP contribution in [0.2, 0.25) is 0 Å². The predicted molar refractivity (Wildman–Crippen MR) is 67.2 cm³/mol. The lowest BCUT2D eigenvalue weighted by Crippen LogP contribution is -2.24. The molecule has 16 heavy (non-hydrogen) atoms. The van der Waals surface area contributed by atoms with E-state index in [1.807, 2.05) is 24.3 Å². The van der Waals surface area contributed by atoms with Crippen molar-refractivity contribution in [3.63, 3.8) is 0 Å². The Hall–Kier alpha value is -1.49. The lowest BCUT2D eigenvalue weighted by atomic mass is 10.1. The number of sulfonamides is 1. The summed E-state index contributed by atoms with van der Waals surface area (Å²) in [5.41, 5.74) is 2.72. The summed E-state index contributed by atoms with van der Waals surface area (Å²) in [5, 5.41) is 3.21. The molecule has 0 atom stereocenters. The zero-order valence-electron chi connectivity index (χ0n) is 9.27. The first-order valence-electron chi connectivity index (χ1n) is 4.97. The van der Waals surface area contributed by atoms with Gasteiger partial charge in [0, 0.05) is 19.3 Å². The Morgan fingerprint density at radius 3 is 2.81 bits per heavy atom. The summed E-state index contributed by atoms with van der Waals surface area (Å²) in [6.07, 6.45) is 5.19. The summed E-state index contributed by atoms with van der Waals surface area (Å²) in [6.45, 7) is 0.814.